The van der Waals surface area contributed by atoms with E-state index in [1.165, 1.54) is 0 Å². The zero-order valence-corrected chi connectivity index (χ0v) is 14.6. The van der Waals surface area contributed by atoms with Gasteiger partial charge in [0.15, 0.2) is 0 Å². The molecule has 0 unspecified atom stereocenters. The van der Waals surface area contributed by atoms with Gasteiger partial charge in [0, 0.05) is 36.6 Å². The van der Waals surface area contributed by atoms with Gasteiger partial charge in [-0.3, -0.25) is 4.79 Å². The predicted octanol–water partition coefficient (Wildman–Crippen LogP) is 2.84. The number of nitrogens with zero attached hydrogens (tertiary/aromatic N) is 1. The lowest BCUT2D eigenvalue weighted by molar-refractivity contribution is -0.134. The SMILES string of the molecule is CCOC(=O)N[C@@H](Cc1c[nH]c2ccccc12)C(=O)N1CCCCC1. The van der Waals surface area contributed by atoms with Gasteiger partial charge in [0.1, 0.15) is 6.04 Å². The average molecular weight is 343 g/mol. The van der Waals surface area contributed by atoms with E-state index in [1.807, 2.05) is 35.4 Å². The van der Waals surface area contributed by atoms with Crippen LogP contribution in [0, 0.1) is 0 Å². The van der Waals surface area contributed by atoms with Crippen LogP contribution in [0.4, 0.5) is 4.79 Å². The minimum absolute atomic E-state index is 0.0296. The molecule has 1 atom stereocenters. The molecule has 2 aromatic rings. The number of para-hydroxylation sites is 1. The first-order chi connectivity index (χ1) is 12.2. The number of rotatable bonds is 5. The number of aromatic nitrogens is 1. The van der Waals surface area contributed by atoms with E-state index in [0.29, 0.717) is 6.42 Å². The molecule has 0 saturated carbocycles. The second-order valence-electron chi connectivity index (χ2n) is 6.37. The van der Waals surface area contributed by atoms with Gasteiger partial charge in [-0.1, -0.05) is 18.2 Å². The van der Waals surface area contributed by atoms with Crippen molar-refractivity contribution >= 4 is 22.9 Å². The van der Waals surface area contributed by atoms with Crippen LogP contribution in [0.5, 0.6) is 0 Å². The number of amides is 2. The number of H-pyrrole nitrogens is 1. The number of nitrogens with one attached hydrogen (secondary N) is 2. The third-order valence-electron chi connectivity index (χ3n) is 4.63. The maximum Gasteiger partial charge on any atom is 0.407 e. The van der Waals surface area contributed by atoms with Crippen molar-refractivity contribution in [2.45, 2.75) is 38.6 Å². The molecule has 3 rings (SSSR count). The summed E-state index contributed by atoms with van der Waals surface area (Å²) in [5.41, 5.74) is 2.04. The zero-order chi connectivity index (χ0) is 17.6. The van der Waals surface area contributed by atoms with E-state index in [0.717, 1.165) is 48.8 Å². The van der Waals surface area contributed by atoms with E-state index in [1.54, 1.807) is 6.92 Å². The van der Waals surface area contributed by atoms with Gasteiger partial charge in [0.2, 0.25) is 5.91 Å². The smallest absolute Gasteiger partial charge is 0.407 e. The van der Waals surface area contributed by atoms with Crippen LogP contribution < -0.4 is 5.32 Å². The molecule has 0 aliphatic carbocycles. The summed E-state index contributed by atoms with van der Waals surface area (Å²) < 4.78 is 4.99. The van der Waals surface area contributed by atoms with E-state index in [4.69, 9.17) is 4.74 Å². The number of aromatic amines is 1. The van der Waals surface area contributed by atoms with Gasteiger partial charge in [-0.05, 0) is 37.8 Å². The fourth-order valence-corrected chi connectivity index (χ4v) is 3.37. The van der Waals surface area contributed by atoms with Gasteiger partial charge < -0.3 is 19.9 Å². The summed E-state index contributed by atoms with van der Waals surface area (Å²) in [5.74, 6) is -0.0296. The highest BCUT2D eigenvalue weighted by Gasteiger charge is 2.28. The molecule has 2 N–H and O–H groups in total. The van der Waals surface area contributed by atoms with E-state index in [2.05, 4.69) is 10.3 Å². The van der Waals surface area contributed by atoms with Crippen LogP contribution in [0.2, 0.25) is 0 Å². The summed E-state index contributed by atoms with van der Waals surface area (Å²) in [6.45, 7) is 3.55. The normalized spacial score (nSPS) is 15.8. The monoisotopic (exact) mass is 343 g/mol. The van der Waals surface area contributed by atoms with E-state index < -0.39 is 12.1 Å². The molecule has 2 heterocycles. The third kappa shape index (κ3) is 4.13. The number of benzene rings is 1. The van der Waals surface area contributed by atoms with Gasteiger partial charge in [-0.25, -0.2) is 4.79 Å². The number of alkyl carbamates (subject to hydrolysis) is 1. The Balaban J connectivity index is 1.79. The molecule has 1 saturated heterocycles. The zero-order valence-electron chi connectivity index (χ0n) is 14.6. The Morgan fingerprint density at radius 2 is 2.00 bits per heavy atom. The van der Waals surface area contributed by atoms with Crippen LogP contribution in [0.25, 0.3) is 10.9 Å². The Labute approximate surface area is 147 Å². The number of piperidine rings is 1. The second-order valence-corrected chi connectivity index (χ2v) is 6.37. The lowest BCUT2D eigenvalue weighted by Crippen LogP contribution is -2.51. The molecule has 0 radical (unpaired) electrons. The fourth-order valence-electron chi connectivity index (χ4n) is 3.37. The topological polar surface area (TPSA) is 74.4 Å². The van der Waals surface area contributed by atoms with Crippen molar-refractivity contribution in [1.82, 2.24) is 15.2 Å². The number of ether oxygens (including phenoxy) is 1. The highest BCUT2D eigenvalue weighted by molar-refractivity contribution is 5.88. The highest BCUT2D eigenvalue weighted by atomic mass is 16.5. The number of carbonyl (C=O) groups is 2. The van der Waals surface area contributed by atoms with Crippen molar-refractivity contribution in [2.24, 2.45) is 0 Å². The maximum atomic E-state index is 12.9. The van der Waals surface area contributed by atoms with Crippen LogP contribution in [0.15, 0.2) is 30.5 Å². The van der Waals surface area contributed by atoms with E-state index in [-0.39, 0.29) is 12.5 Å². The van der Waals surface area contributed by atoms with Gasteiger partial charge in [0.05, 0.1) is 6.61 Å². The van der Waals surface area contributed by atoms with Gasteiger partial charge in [-0.2, -0.15) is 0 Å². The van der Waals surface area contributed by atoms with Gasteiger partial charge >= 0.3 is 6.09 Å². The molecule has 1 aromatic carbocycles. The van der Waals surface area contributed by atoms with Crippen molar-refractivity contribution in [3.63, 3.8) is 0 Å². The van der Waals surface area contributed by atoms with Crippen LogP contribution in [0.1, 0.15) is 31.7 Å². The standard InChI is InChI=1S/C19H25N3O3/c1-2-25-19(24)21-17(18(23)22-10-6-3-7-11-22)12-14-13-20-16-9-5-4-8-15(14)16/h4-5,8-9,13,17,20H,2-3,6-7,10-12H2,1H3,(H,21,24)/t17-/m0/s1. The fraction of sp³-hybridized carbons (Fsp3) is 0.474. The number of carbonyl (C=O) groups excluding carboxylic acids is 2. The van der Waals surface area contributed by atoms with E-state index >= 15 is 0 Å². The molecule has 6 nitrogen and oxygen atoms in total. The first kappa shape index (κ1) is 17.3. The van der Waals surface area contributed by atoms with Crippen LogP contribution in [0.3, 0.4) is 0 Å². The highest BCUT2D eigenvalue weighted by Crippen LogP contribution is 2.20. The van der Waals surface area contributed by atoms with Gasteiger partial charge in [-0.15, -0.1) is 0 Å². The van der Waals surface area contributed by atoms with Crippen LogP contribution in [-0.2, 0) is 16.0 Å². The van der Waals surface area contributed by atoms with Crippen molar-refractivity contribution in [3.8, 4) is 0 Å². The Bertz CT molecular complexity index is 734. The molecule has 6 heteroatoms. The quantitative estimate of drug-likeness (QED) is 0.877. The van der Waals surface area contributed by atoms with E-state index in [9.17, 15) is 9.59 Å². The molecule has 2 amide bonds. The summed E-state index contributed by atoms with van der Waals surface area (Å²) in [6, 6.07) is 7.35. The molecule has 0 bridgehead atoms. The molecule has 134 valence electrons. The number of fused-ring (bicyclic) bond motifs is 1. The Hall–Kier alpha value is -2.50. The first-order valence-electron chi connectivity index (χ1n) is 8.96. The molecule has 25 heavy (non-hydrogen) atoms. The predicted molar refractivity (Wildman–Crippen MR) is 96.4 cm³/mol. The first-order valence-corrected chi connectivity index (χ1v) is 8.96. The number of hydrogen-bond donors (Lipinski definition) is 2. The number of hydrogen-bond acceptors (Lipinski definition) is 3. The molecule has 1 aliphatic rings. The summed E-state index contributed by atoms with van der Waals surface area (Å²) in [6.07, 6.45) is 5.00. The summed E-state index contributed by atoms with van der Waals surface area (Å²) in [7, 11) is 0. The minimum atomic E-state index is -0.614. The largest absolute Gasteiger partial charge is 0.450 e. The van der Waals surface area contributed by atoms with Crippen molar-refractivity contribution in [1.29, 1.82) is 0 Å². The molecular formula is C19H25N3O3. The summed E-state index contributed by atoms with van der Waals surface area (Å²) in [5, 5.41) is 3.83. The van der Waals surface area contributed by atoms with Crippen molar-refractivity contribution < 1.29 is 14.3 Å². The number of likely N-dealkylation sites (tertiary alicyclic amines) is 1. The summed E-state index contributed by atoms with van der Waals surface area (Å²) >= 11 is 0. The molecule has 1 aliphatic heterocycles. The molecule has 0 spiro atoms. The van der Waals surface area contributed by atoms with Crippen LogP contribution in [-0.4, -0.2) is 47.6 Å². The third-order valence-corrected chi connectivity index (χ3v) is 4.63. The Morgan fingerprint density at radius 3 is 2.76 bits per heavy atom. The minimum Gasteiger partial charge on any atom is -0.450 e. The lowest BCUT2D eigenvalue weighted by Gasteiger charge is -2.30. The Kier molecular flexibility index (Phi) is 5.58. The maximum absolute atomic E-state index is 12.9. The van der Waals surface area contributed by atoms with Gasteiger partial charge in [0.25, 0.3) is 0 Å². The second kappa shape index (κ2) is 8.05. The average Bonchev–Trinajstić information content (AvgIpc) is 3.04. The molecular weight excluding hydrogens is 318 g/mol. The van der Waals surface area contributed by atoms with Crippen LogP contribution >= 0.6 is 0 Å². The molecule has 1 aromatic heterocycles. The molecule has 1 fully saturated rings. The summed E-state index contributed by atoms with van der Waals surface area (Å²) in [4.78, 5) is 29.9. The van der Waals surface area contributed by atoms with Crippen molar-refractivity contribution in [2.75, 3.05) is 19.7 Å². The van der Waals surface area contributed by atoms with Crippen molar-refractivity contribution in [3.05, 3.63) is 36.0 Å². The Morgan fingerprint density at radius 1 is 1.24 bits per heavy atom. The lowest BCUT2D eigenvalue weighted by atomic mass is 10.0.